The van der Waals surface area contributed by atoms with Crippen molar-refractivity contribution in [2.24, 2.45) is 0 Å². The minimum atomic E-state index is -0.860. The van der Waals surface area contributed by atoms with Gasteiger partial charge in [0.05, 0.1) is 12.6 Å². The van der Waals surface area contributed by atoms with E-state index in [1.54, 1.807) is 13.3 Å². The van der Waals surface area contributed by atoms with Crippen LogP contribution in [0.15, 0.2) is 42.7 Å². The topological polar surface area (TPSA) is 92.5 Å². The molecule has 0 bridgehead atoms. The van der Waals surface area contributed by atoms with E-state index >= 15 is 0 Å². The molecule has 8 nitrogen and oxygen atoms in total. The number of ether oxygens (including phenoxy) is 1. The zero-order valence-electron chi connectivity index (χ0n) is 15.0. The Morgan fingerprint density at radius 3 is 2.81 bits per heavy atom. The van der Waals surface area contributed by atoms with Crippen LogP contribution in [-0.2, 0) is 0 Å². The van der Waals surface area contributed by atoms with Crippen LogP contribution in [0.3, 0.4) is 0 Å². The summed E-state index contributed by atoms with van der Waals surface area (Å²) in [5.74, 6) is 2.13. The van der Waals surface area contributed by atoms with Crippen molar-refractivity contribution in [3.05, 3.63) is 42.7 Å². The average molecular weight is 367 g/mol. The van der Waals surface area contributed by atoms with Crippen molar-refractivity contribution in [3.8, 4) is 11.6 Å². The number of carboxylic acid groups (broad SMARTS) is 1. The first-order chi connectivity index (χ1) is 13.2. The lowest BCUT2D eigenvalue weighted by molar-refractivity contribution is 0.133. The van der Waals surface area contributed by atoms with Crippen molar-refractivity contribution in [3.63, 3.8) is 0 Å². The first-order valence-corrected chi connectivity index (χ1v) is 8.87. The van der Waals surface area contributed by atoms with E-state index in [0.717, 1.165) is 35.3 Å². The number of piperidine rings is 1. The van der Waals surface area contributed by atoms with Gasteiger partial charge >= 0.3 is 6.09 Å². The second-order valence-corrected chi connectivity index (χ2v) is 6.51. The molecule has 2 N–H and O–H groups in total. The van der Waals surface area contributed by atoms with Gasteiger partial charge in [-0.2, -0.15) is 4.98 Å². The van der Waals surface area contributed by atoms with Gasteiger partial charge in [-0.15, -0.1) is 0 Å². The Labute approximate surface area is 156 Å². The second kappa shape index (κ2) is 7.14. The van der Waals surface area contributed by atoms with Crippen molar-refractivity contribution in [2.45, 2.75) is 18.9 Å². The highest BCUT2D eigenvalue weighted by atomic mass is 16.5. The van der Waals surface area contributed by atoms with Crippen molar-refractivity contribution >= 4 is 22.9 Å². The molecule has 0 aliphatic carbocycles. The number of methoxy groups -OCH3 is 1. The molecule has 1 aliphatic heterocycles. The molecule has 27 heavy (non-hydrogen) atoms. The molecule has 1 amide bonds. The summed E-state index contributed by atoms with van der Waals surface area (Å²) in [4.78, 5) is 21.4. The van der Waals surface area contributed by atoms with Gasteiger partial charge in [0.15, 0.2) is 0 Å². The number of anilines is 1. The van der Waals surface area contributed by atoms with Gasteiger partial charge < -0.3 is 24.6 Å². The minimum absolute atomic E-state index is 0.164. The Balaban J connectivity index is 1.54. The van der Waals surface area contributed by atoms with Gasteiger partial charge in [-0.05, 0) is 37.1 Å². The molecular weight excluding hydrogens is 346 g/mol. The van der Waals surface area contributed by atoms with Gasteiger partial charge in [-0.25, -0.2) is 9.78 Å². The number of hydrogen-bond acceptors (Lipinski definition) is 5. The number of nitrogens with zero attached hydrogens (tertiary/aromatic N) is 4. The van der Waals surface area contributed by atoms with Crippen molar-refractivity contribution in [2.75, 3.05) is 25.5 Å². The number of likely N-dealkylation sites (tertiary alicyclic amines) is 1. The van der Waals surface area contributed by atoms with Gasteiger partial charge in [-0.3, -0.25) is 0 Å². The van der Waals surface area contributed by atoms with Crippen LogP contribution >= 0.6 is 0 Å². The number of carbonyl (C=O) groups is 1. The molecule has 1 fully saturated rings. The highest BCUT2D eigenvalue weighted by Gasteiger charge is 2.22. The van der Waals surface area contributed by atoms with E-state index < -0.39 is 6.09 Å². The Morgan fingerprint density at radius 2 is 2.07 bits per heavy atom. The summed E-state index contributed by atoms with van der Waals surface area (Å²) in [6, 6.07) is 9.94. The summed E-state index contributed by atoms with van der Waals surface area (Å²) in [6.45, 7) is 1.05. The molecule has 0 atom stereocenters. The summed E-state index contributed by atoms with van der Waals surface area (Å²) in [5.41, 5.74) is 1.01. The number of nitrogens with one attached hydrogen (secondary N) is 1. The molecule has 8 heteroatoms. The van der Waals surface area contributed by atoms with Gasteiger partial charge in [0.25, 0.3) is 0 Å². The molecule has 1 aromatic carbocycles. The third-order valence-electron chi connectivity index (χ3n) is 4.90. The molecule has 0 radical (unpaired) electrons. The van der Waals surface area contributed by atoms with E-state index in [1.165, 1.54) is 4.90 Å². The third kappa shape index (κ3) is 3.38. The number of benzene rings is 1. The normalized spacial score (nSPS) is 15.1. The minimum Gasteiger partial charge on any atom is -0.496 e. The molecule has 3 heterocycles. The predicted molar refractivity (Wildman–Crippen MR) is 102 cm³/mol. The van der Waals surface area contributed by atoms with Gasteiger partial charge in [0, 0.05) is 36.9 Å². The average Bonchev–Trinajstić information content (AvgIpc) is 3.13. The zero-order valence-corrected chi connectivity index (χ0v) is 15.0. The summed E-state index contributed by atoms with van der Waals surface area (Å²) < 4.78 is 7.42. The number of fused-ring (bicyclic) bond motifs is 1. The van der Waals surface area contributed by atoms with E-state index in [1.807, 2.05) is 41.1 Å². The molecule has 1 saturated heterocycles. The van der Waals surface area contributed by atoms with Crippen molar-refractivity contribution in [1.29, 1.82) is 0 Å². The number of aromatic nitrogens is 3. The number of hydrogen-bond donors (Lipinski definition) is 2. The fourth-order valence-electron chi connectivity index (χ4n) is 3.47. The van der Waals surface area contributed by atoms with Crippen LogP contribution in [0.4, 0.5) is 10.7 Å². The largest absolute Gasteiger partial charge is 0.496 e. The smallest absolute Gasteiger partial charge is 0.407 e. The highest BCUT2D eigenvalue weighted by Crippen LogP contribution is 2.28. The Morgan fingerprint density at radius 1 is 1.26 bits per heavy atom. The maximum absolute atomic E-state index is 11.0. The Bertz CT molecular complexity index is 963. The summed E-state index contributed by atoms with van der Waals surface area (Å²) in [5, 5.41) is 13.4. The zero-order chi connectivity index (χ0) is 18.8. The maximum atomic E-state index is 11.0. The monoisotopic (exact) mass is 367 g/mol. The molecule has 1 aliphatic rings. The van der Waals surface area contributed by atoms with E-state index in [4.69, 9.17) is 9.84 Å². The Kier molecular flexibility index (Phi) is 4.53. The SMILES string of the molecule is COc1cccc2c1ccn2-c1ccnc(NC2CCN(C(=O)O)CC2)n1. The molecule has 0 saturated carbocycles. The van der Waals surface area contributed by atoms with Crippen LogP contribution in [-0.4, -0.2) is 56.9 Å². The van der Waals surface area contributed by atoms with E-state index in [-0.39, 0.29) is 6.04 Å². The standard InChI is InChI=1S/C19H21N5O3/c1-27-16-4-2-3-15-14(16)8-12-24(15)17-5-9-20-18(22-17)21-13-6-10-23(11-7-13)19(25)26/h2-5,8-9,12-13H,6-7,10-11H2,1H3,(H,25,26)(H,20,21,22). The maximum Gasteiger partial charge on any atom is 0.407 e. The number of rotatable bonds is 4. The second-order valence-electron chi connectivity index (χ2n) is 6.51. The van der Waals surface area contributed by atoms with Crippen molar-refractivity contribution < 1.29 is 14.6 Å². The van der Waals surface area contributed by atoms with Crippen LogP contribution in [0.2, 0.25) is 0 Å². The molecule has 4 rings (SSSR count). The van der Waals surface area contributed by atoms with Crippen LogP contribution in [0.25, 0.3) is 16.7 Å². The van der Waals surface area contributed by atoms with E-state index in [0.29, 0.717) is 19.0 Å². The van der Waals surface area contributed by atoms with Gasteiger partial charge in [-0.1, -0.05) is 6.07 Å². The van der Waals surface area contributed by atoms with Gasteiger partial charge in [0.2, 0.25) is 5.95 Å². The lowest BCUT2D eigenvalue weighted by Gasteiger charge is -2.30. The van der Waals surface area contributed by atoms with Crippen LogP contribution in [0, 0.1) is 0 Å². The molecular formula is C19H21N5O3. The summed E-state index contributed by atoms with van der Waals surface area (Å²) in [6.07, 6.45) is 4.31. The molecule has 3 aromatic rings. The lowest BCUT2D eigenvalue weighted by Crippen LogP contribution is -2.41. The molecule has 140 valence electrons. The van der Waals surface area contributed by atoms with E-state index in [9.17, 15) is 4.79 Å². The van der Waals surface area contributed by atoms with E-state index in [2.05, 4.69) is 15.3 Å². The predicted octanol–water partition coefficient (Wildman–Crippen LogP) is 2.98. The molecule has 0 spiro atoms. The first kappa shape index (κ1) is 17.1. The van der Waals surface area contributed by atoms with Crippen LogP contribution in [0.5, 0.6) is 5.75 Å². The third-order valence-corrected chi connectivity index (χ3v) is 4.90. The summed E-state index contributed by atoms with van der Waals surface area (Å²) >= 11 is 0. The highest BCUT2D eigenvalue weighted by molar-refractivity contribution is 5.87. The fraction of sp³-hybridized carbons (Fsp3) is 0.316. The van der Waals surface area contributed by atoms with Gasteiger partial charge in [0.1, 0.15) is 11.6 Å². The fourth-order valence-corrected chi connectivity index (χ4v) is 3.47. The quantitative estimate of drug-likeness (QED) is 0.736. The number of amides is 1. The van der Waals surface area contributed by atoms with Crippen LogP contribution < -0.4 is 10.1 Å². The van der Waals surface area contributed by atoms with Crippen LogP contribution in [0.1, 0.15) is 12.8 Å². The Hall–Kier alpha value is -3.29. The summed E-state index contributed by atoms with van der Waals surface area (Å²) in [7, 11) is 1.66. The first-order valence-electron chi connectivity index (χ1n) is 8.87. The molecule has 0 unspecified atom stereocenters. The molecule has 2 aromatic heterocycles. The lowest BCUT2D eigenvalue weighted by atomic mass is 10.1. The van der Waals surface area contributed by atoms with Crippen molar-refractivity contribution in [1.82, 2.24) is 19.4 Å².